The van der Waals surface area contributed by atoms with Crippen molar-refractivity contribution < 1.29 is 13.9 Å². The van der Waals surface area contributed by atoms with Crippen LogP contribution in [0.2, 0.25) is 0 Å². The largest absolute Gasteiger partial charge is 0.496 e. The molecule has 0 radical (unpaired) electrons. The molecule has 1 amide bonds. The van der Waals surface area contributed by atoms with Gasteiger partial charge in [-0.15, -0.1) is 11.3 Å². The second-order valence-corrected chi connectivity index (χ2v) is 6.85. The van der Waals surface area contributed by atoms with Crippen molar-refractivity contribution in [3.8, 4) is 17.0 Å². The Labute approximate surface area is 144 Å². The molecule has 0 bridgehead atoms. The van der Waals surface area contributed by atoms with E-state index in [0.717, 1.165) is 19.3 Å². The molecular formula is C17H20FN3O2S. The Hall–Kier alpha value is -1.99. The molecule has 1 heterocycles. The summed E-state index contributed by atoms with van der Waals surface area (Å²) in [6.45, 7) is 0. The molecule has 0 unspecified atom stereocenters. The van der Waals surface area contributed by atoms with Crippen LogP contribution in [0.1, 0.15) is 25.7 Å². The van der Waals surface area contributed by atoms with Gasteiger partial charge in [0.25, 0.3) is 0 Å². The number of halogens is 1. The molecule has 1 saturated carbocycles. The lowest BCUT2D eigenvalue weighted by molar-refractivity contribution is -0.117. The summed E-state index contributed by atoms with van der Waals surface area (Å²) in [5, 5.41) is 5.08. The van der Waals surface area contributed by atoms with Crippen molar-refractivity contribution in [3.63, 3.8) is 0 Å². The van der Waals surface area contributed by atoms with Gasteiger partial charge in [0.1, 0.15) is 11.6 Å². The predicted octanol–water partition coefficient (Wildman–Crippen LogP) is 3.41. The number of hydrogen-bond acceptors (Lipinski definition) is 5. The van der Waals surface area contributed by atoms with Crippen LogP contribution in [0.3, 0.4) is 0 Å². The molecule has 3 rings (SSSR count). The van der Waals surface area contributed by atoms with E-state index in [2.05, 4.69) is 10.3 Å². The maximum atomic E-state index is 13.5. The molecular weight excluding hydrogens is 329 g/mol. The molecule has 1 aromatic carbocycles. The quantitative estimate of drug-likeness (QED) is 0.867. The number of nitrogens with zero attached hydrogens (tertiary/aromatic N) is 1. The van der Waals surface area contributed by atoms with Crippen molar-refractivity contribution in [1.29, 1.82) is 0 Å². The molecule has 128 valence electrons. The molecule has 1 aromatic heterocycles. The SMILES string of the molecule is COc1ccc(F)cc1-c1csc(NC(=O)C[C@@H]2CCC[C@H]2N)n1. The first-order valence-electron chi connectivity index (χ1n) is 7.91. The molecule has 0 aliphatic heterocycles. The topological polar surface area (TPSA) is 77.2 Å². The number of nitrogens with one attached hydrogen (secondary N) is 1. The summed E-state index contributed by atoms with van der Waals surface area (Å²) in [6, 6.07) is 4.38. The summed E-state index contributed by atoms with van der Waals surface area (Å²) >= 11 is 1.30. The second-order valence-electron chi connectivity index (χ2n) is 5.99. The minimum absolute atomic E-state index is 0.0792. The number of carbonyl (C=O) groups excluding carboxylic acids is 1. The number of ether oxygens (including phenoxy) is 1. The number of methoxy groups -OCH3 is 1. The fourth-order valence-electron chi connectivity index (χ4n) is 3.06. The van der Waals surface area contributed by atoms with Crippen LogP contribution >= 0.6 is 11.3 Å². The molecule has 5 nitrogen and oxygen atoms in total. The minimum Gasteiger partial charge on any atom is -0.496 e. The van der Waals surface area contributed by atoms with Crippen molar-refractivity contribution in [3.05, 3.63) is 29.4 Å². The first-order chi connectivity index (χ1) is 11.6. The van der Waals surface area contributed by atoms with Gasteiger partial charge in [0, 0.05) is 23.4 Å². The molecule has 1 aliphatic rings. The Balaban J connectivity index is 1.69. The molecule has 1 fully saturated rings. The molecule has 2 atom stereocenters. The van der Waals surface area contributed by atoms with Crippen LogP contribution in [-0.4, -0.2) is 24.0 Å². The summed E-state index contributed by atoms with van der Waals surface area (Å²) in [5.74, 6) is 0.341. The zero-order chi connectivity index (χ0) is 17.1. The summed E-state index contributed by atoms with van der Waals surface area (Å²) < 4.78 is 18.7. The van der Waals surface area contributed by atoms with Gasteiger partial charge in [0.15, 0.2) is 5.13 Å². The van der Waals surface area contributed by atoms with Gasteiger partial charge in [-0.3, -0.25) is 4.79 Å². The number of benzene rings is 1. The number of aromatic nitrogens is 1. The highest BCUT2D eigenvalue weighted by Gasteiger charge is 2.26. The monoisotopic (exact) mass is 349 g/mol. The van der Waals surface area contributed by atoms with Crippen LogP contribution in [-0.2, 0) is 4.79 Å². The average Bonchev–Trinajstić information content (AvgIpc) is 3.17. The van der Waals surface area contributed by atoms with E-state index >= 15 is 0 Å². The fourth-order valence-corrected chi connectivity index (χ4v) is 3.79. The summed E-state index contributed by atoms with van der Waals surface area (Å²) in [4.78, 5) is 16.5. The van der Waals surface area contributed by atoms with Crippen LogP contribution in [0.4, 0.5) is 9.52 Å². The highest BCUT2D eigenvalue weighted by atomic mass is 32.1. The van der Waals surface area contributed by atoms with Crippen LogP contribution in [0, 0.1) is 11.7 Å². The fraction of sp³-hybridized carbons (Fsp3) is 0.412. The Morgan fingerprint density at radius 1 is 1.50 bits per heavy atom. The Morgan fingerprint density at radius 3 is 3.04 bits per heavy atom. The van der Waals surface area contributed by atoms with Gasteiger partial charge in [-0.25, -0.2) is 9.37 Å². The normalized spacial score (nSPS) is 20.1. The maximum absolute atomic E-state index is 13.5. The smallest absolute Gasteiger partial charge is 0.226 e. The van der Waals surface area contributed by atoms with Crippen LogP contribution in [0.5, 0.6) is 5.75 Å². The summed E-state index contributed by atoms with van der Waals surface area (Å²) in [7, 11) is 1.52. The van der Waals surface area contributed by atoms with E-state index in [-0.39, 0.29) is 23.7 Å². The van der Waals surface area contributed by atoms with Crippen molar-refractivity contribution in [2.75, 3.05) is 12.4 Å². The van der Waals surface area contributed by atoms with Crippen molar-refractivity contribution in [1.82, 2.24) is 4.98 Å². The number of hydrogen-bond donors (Lipinski definition) is 2. The zero-order valence-electron chi connectivity index (χ0n) is 13.4. The molecule has 0 saturated heterocycles. The van der Waals surface area contributed by atoms with Gasteiger partial charge in [-0.1, -0.05) is 6.42 Å². The molecule has 24 heavy (non-hydrogen) atoms. The van der Waals surface area contributed by atoms with Crippen LogP contribution in [0.15, 0.2) is 23.6 Å². The number of carbonyl (C=O) groups is 1. The number of anilines is 1. The van der Waals surface area contributed by atoms with Gasteiger partial charge >= 0.3 is 0 Å². The third-order valence-corrected chi connectivity index (χ3v) is 5.11. The van der Waals surface area contributed by atoms with Crippen LogP contribution < -0.4 is 15.8 Å². The number of thiazole rings is 1. The highest BCUT2D eigenvalue weighted by Crippen LogP contribution is 2.33. The lowest BCUT2D eigenvalue weighted by Gasteiger charge is -2.13. The van der Waals surface area contributed by atoms with Gasteiger partial charge in [-0.05, 0) is 37.0 Å². The van der Waals surface area contributed by atoms with E-state index < -0.39 is 0 Å². The van der Waals surface area contributed by atoms with E-state index in [1.54, 1.807) is 11.4 Å². The van der Waals surface area contributed by atoms with Gasteiger partial charge in [-0.2, -0.15) is 0 Å². The Kier molecular flexibility index (Phi) is 5.11. The Bertz CT molecular complexity index is 734. The standard InChI is InChI=1S/C17H20FN3O2S/c1-23-15-6-5-11(18)8-12(15)14-9-24-17(20-14)21-16(22)7-10-3-2-4-13(10)19/h5-6,8-10,13H,2-4,7,19H2,1H3,(H,20,21,22)/t10-,13+/m0/s1. The second kappa shape index (κ2) is 7.27. The molecule has 2 aromatic rings. The average molecular weight is 349 g/mol. The van der Waals surface area contributed by atoms with E-state index in [1.807, 2.05) is 0 Å². The third kappa shape index (κ3) is 3.73. The molecule has 7 heteroatoms. The maximum Gasteiger partial charge on any atom is 0.226 e. The highest BCUT2D eigenvalue weighted by molar-refractivity contribution is 7.14. The third-order valence-electron chi connectivity index (χ3n) is 4.35. The van der Waals surface area contributed by atoms with E-state index in [1.165, 1.54) is 30.6 Å². The first kappa shape index (κ1) is 16.9. The summed E-state index contributed by atoms with van der Waals surface area (Å²) in [6.07, 6.45) is 3.48. The van der Waals surface area contributed by atoms with E-state index in [9.17, 15) is 9.18 Å². The zero-order valence-corrected chi connectivity index (χ0v) is 14.2. The molecule has 3 N–H and O–H groups in total. The van der Waals surface area contributed by atoms with Gasteiger partial charge in [0.2, 0.25) is 5.91 Å². The van der Waals surface area contributed by atoms with Crippen molar-refractivity contribution in [2.45, 2.75) is 31.7 Å². The number of rotatable bonds is 5. The van der Waals surface area contributed by atoms with E-state index in [0.29, 0.717) is 28.6 Å². The van der Waals surface area contributed by atoms with Crippen LogP contribution in [0.25, 0.3) is 11.3 Å². The lowest BCUT2D eigenvalue weighted by Crippen LogP contribution is -2.28. The minimum atomic E-state index is -0.361. The predicted molar refractivity (Wildman–Crippen MR) is 92.6 cm³/mol. The number of nitrogens with two attached hydrogens (primary N) is 1. The first-order valence-corrected chi connectivity index (χ1v) is 8.79. The summed E-state index contributed by atoms with van der Waals surface area (Å²) in [5.41, 5.74) is 7.14. The van der Waals surface area contributed by atoms with Gasteiger partial charge in [0.05, 0.1) is 12.8 Å². The molecule has 1 aliphatic carbocycles. The van der Waals surface area contributed by atoms with Crippen molar-refractivity contribution in [2.24, 2.45) is 11.7 Å². The Morgan fingerprint density at radius 2 is 2.33 bits per heavy atom. The number of amides is 1. The van der Waals surface area contributed by atoms with E-state index in [4.69, 9.17) is 10.5 Å². The lowest BCUT2D eigenvalue weighted by atomic mass is 10.00. The van der Waals surface area contributed by atoms with Gasteiger partial charge < -0.3 is 15.8 Å². The van der Waals surface area contributed by atoms with Crippen molar-refractivity contribution >= 4 is 22.4 Å². The molecule has 0 spiro atoms.